The van der Waals surface area contributed by atoms with Gasteiger partial charge in [0.05, 0.1) is 12.6 Å². The van der Waals surface area contributed by atoms with Gasteiger partial charge in [0.15, 0.2) is 0 Å². The first-order valence-electron chi connectivity index (χ1n) is 7.45. The Morgan fingerprint density at radius 3 is 2.56 bits per heavy atom. The summed E-state index contributed by atoms with van der Waals surface area (Å²) in [4.78, 5) is 23.8. The van der Waals surface area contributed by atoms with Crippen molar-refractivity contribution in [3.8, 4) is 0 Å². The van der Waals surface area contributed by atoms with Crippen LogP contribution in [-0.2, 0) is 16.0 Å². The smallest absolute Gasteiger partial charge is 0.247 e. The fourth-order valence-corrected chi connectivity index (χ4v) is 2.56. The summed E-state index contributed by atoms with van der Waals surface area (Å²) in [5, 5.41) is 15.2. The van der Waals surface area contributed by atoms with Crippen LogP contribution in [-0.4, -0.2) is 28.2 Å². The molecular formula is C16H18BrN5O2S. The Bertz CT molecular complexity index is 781. The van der Waals surface area contributed by atoms with E-state index in [0.29, 0.717) is 10.1 Å². The fraction of sp³-hybridized carbons (Fsp3) is 0.312. The monoisotopic (exact) mass is 423 g/mol. The molecule has 0 saturated carbocycles. The van der Waals surface area contributed by atoms with E-state index >= 15 is 0 Å². The van der Waals surface area contributed by atoms with E-state index in [-0.39, 0.29) is 18.2 Å². The molecule has 1 aromatic heterocycles. The maximum Gasteiger partial charge on any atom is 0.247 e. The van der Waals surface area contributed by atoms with Crippen molar-refractivity contribution in [1.82, 2.24) is 15.6 Å². The highest BCUT2D eigenvalue weighted by atomic mass is 79.9. The van der Waals surface area contributed by atoms with Crippen molar-refractivity contribution in [1.29, 1.82) is 0 Å². The lowest BCUT2D eigenvalue weighted by molar-refractivity contribution is -0.123. The van der Waals surface area contributed by atoms with Gasteiger partial charge in [0.2, 0.25) is 16.9 Å². The van der Waals surface area contributed by atoms with Crippen LogP contribution in [0.3, 0.4) is 0 Å². The van der Waals surface area contributed by atoms with Gasteiger partial charge in [-0.05, 0) is 17.7 Å². The molecule has 7 nitrogen and oxygen atoms in total. The number of hydrogen-bond donors (Lipinski definition) is 2. The first kappa shape index (κ1) is 19.2. The number of nitrogens with one attached hydrogen (secondary N) is 2. The first-order chi connectivity index (χ1) is 11.7. The average molecular weight is 424 g/mol. The highest BCUT2D eigenvalue weighted by Crippen LogP contribution is 2.20. The molecule has 1 heterocycles. The zero-order valence-electron chi connectivity index (χ0n) is 14.0. The minimum absolute atomic E-state index is 0.0424. The summed E-state index contributed by atoms with van der Waals surface area (Å²) in [5.74, 6) is -0.461. The lowest BCUT2D eigenvalue weighted by Crippen LogP contribution is -2.27. The van der Waals surface area contributed by atoms with Crippen LogP contribution in [0.4, 0.5) is 5.13 Å². The Labute approximate surface area is 158 Å². The largest absolute Gasteiger partial charge is 0.300 e. The van der Waals surface area contributed by atoms with Crippen molar-refractivity contribution in [2.75, 3.05) is 5.32 Å². The molecule has 2 amide bonds. The van der Waals surface area contributed by atoms with Gasteiger partial charge in [-0.2, -0.15) is 5.10 Å². The number of benzene rings is 1. The van der Waals surface area contributed by atoms with E-state index in [4.69, 9.17) is 0 Å². The molecule has 0 aliphatic carbocycles. The number of amides is 2. The van der Waals surface area contributed by atoms with Gasteiger partial charge < -0.3 is 5.32 Å². The molecule has 0 unspecified atom stereocenters. The molecule has 0 aliphatic rings. The highest BCUT2D eigenvalue weighted by Gasteiger charge is 2.22. The number of hydrogen-bond acceptors (Lipinski definition) is 6. The lowest BCUT2D eigenvalue weighted by Gasteiger charge is -2.15. The van der Waals surface area contributed by atoms with Crippen LogP contribution in [0, 0.1) is 5.41 Å². The number of aromatic nitrogens is 2. The minimum atomic E-state index is -0.523. The van der Waals surface area contributed by atoms with Gasteiger partial charge in [-0.3, -0.25) is 9.59 Å². The van der Waals surface area contributed by atoms with E-state index in [1.54, 1.807) is 27.0 Å². The lowest BCUT2D eigenvalue weighted by atomic mass is 9.96. The number of rotatable bonds is 5. The Kier molecular flexibility index (Phi) is 6.38. The van der Waals surface area contributed by atoms with Crippen LogP contribution in [0.5, 0.6) is 0 Å². The average Bonchev–Trinajstić information content (AvgIpc) is 2.95. The summed E-state index contributed by atoms with van der Waals surface area (Å²) >= 11 is 4.51. The summed E-state index contributed by atoms with van der Waals surface area (Å²) in [7, 11) is 0. The van der Waals surface area contributed by atoms with E-state index < -0.39 is 5.41 Å². The molecule has 2 rings (SSSR count). The molecule has 0 radical (unpaired) electrons. The molecule has 132 valence electrons. The molecule has 9 heteroatoms. The molecule has 0 aliphatic heterocycles. The third kappa shape index (κ3) is 6.35. The van der Waals surface area contributed by atoms with Crippen molar-refractivity contribution in [3.63, 3.8) is 0 Å². The second kappa shape index (κ2) is 8.30. The topological polar surface area (TPSA) is 96.3 Å². The van der Waals surface area contributed by atoms with Gasteiger partial charge in [0.1, 0.15) is 5.01 Å². The highest BCUT2D eigenvalue weighted by molar-refractivity contribution is 9.10. The molecule has 25 heavy (non-hydrogen) atoms. The number of nitrogens with zero attached hydrogens (tertiary/aromatic N) is 3. The van der Waals surface area contributed by atoms with Crippen LogP contribution < -0.4 is 10.7 Å². The van der Waals surface area contributed by atoms with Crippen molar-refractivity contribution >= 4 is 50.4 Å². The fourth-order valence-electron chi connectivity index (χ4n) is 1.56. The molecule has 0 saturated heterocycles. The molecule has 1 aromatic carbocycles. The van der Waals surface area contributed by atoms with E-state index in [1.807, 2.05) is 24.3 Å². The van der Waals surface area contributed by atoms with Crippen molar-refractivity contribution in [2.24, 2.45) is 10.5 Å². The van der Waals surface area contributed by atoms with E-state index in [0.717, 1.165) is 10.0 Å². The Morgan fingerprint density at radius 2 is 1.92 bits per heavy atom. The van der Waals surface area contributed by atoms with Gasteiger partial charge in [-0.25, -0.2) is 5.43 Å². The van der Waals surface area contributed by atoms with Gasteiger partial charge in [-0.1, -0.05) is 60.2 Å². The zero-order chi connectivity index (χ0) is 18.4. The van der Waals surface area contributed by atoms with E-state index in [1.165, 1.54) is 11.3 Å². The number of carbonyl (C=O) groups excluding carboxylic acids is 2. The molecule has 2 aromatic rings. The second-order valence-electron chi connectivity index (χ2n) is 6.23. The zero-order valence-corrected chi connectivity index (χ0v) is 16.4. The predicted octanol–water partition coefficient (Wildman–Crippen LogP) is 2.98. The SMILES string of the molecule is CC(C)(C)C(=O)Nc1nnc(CC(=O)N/N=C\c2ccc(Br)cc2)s1. The van der Waals surface area contributed by atoms with Crippen molar-refractivity contribution < 1.29 is 9.59 Å². The van der Waals surface area contributed by atoms with E-state index in [2.05, 4.69) is 42.0 Å². The number of hydrazone groups is 1. The van der Waals surface area contributed by atoms with Crippen LogP contribution in [0.15, 0.2) is 33.8 Å². The molecule has 0 bridgehead atoms. The number of halogens is 1. The summed E-state index contributed by atoms with van der Waals surface area (Å²) < 4.78 is 0.972. The normalized spacial score (nSPS) is 11.5. The summed E-state index contributed by atoms with van der Waals surface area (Å²) in [6.45, 7) is 5.42. The molecule has 0 fully saturated rings. The van der Waals surface area contributed by atoms with E-state index in [9.17, 15) is 9.59 Å². The summed E-state index contributed by atoms with van der Waals surface area (Å²) in [5.41, 5.74) is 2.78. The maximum absolute atomic E-state index is 11.9. The van der Waals surface area contributed by atoms with Crippen LogP contribution in [0.1, 0.15) is 31.3 Å². The summed E-state index contributed by atoms with van der Waals surface area (Å²) in [6, 6.07) is 7.51. The number of anilines is 1. The maximum atomic E-state index is 11.9. The van der Waals surface area contributed by atoms with Crippen molar-refractivity contribution in [2.45, 2.75) is 27.2 Å². The van der Waals surface area contributed by atoms with Crippen LogP contribution in [0.2, 0.25) is 0 Å². The second-order valence-corrected chi connectivity index (χ2v) is 8.20. The summed E-state index contributed by atoms with van der Waals surface area (Å²) in [6.07, 6.45) is 1.60. The Morgan fingerprint density at radius 1 is 1.24 bits per heavy atom. The first-order valence-corrected chi connectivity index (χ1v) is 9.06. The molecular weight excluding hydrogens is 406 g/mol. The van der Waals surface area contributed by atoms with Gasteiger partial charge in [-0.15, -0.1) is 10.2 Å². The molecule has 2 N–H and O–H groups in total. The van der Waals surface area contributed by atoms with Crippen LogP contribution in [0.25, 0.3) is 0 Å². The van der Waals surface area contributed by atoms with Gasteiger partial charge in [0.25, 0.3) is 0 Å². The van der Waals surface area contributed by atoms with Crippen molar-refractivity contribution in [3.05, 3.63) is 39.3 Å². The quantitative estimate of drug-likeness (QED) is 0.570. The number of carbonyl (C=O) groups is 2. The predicted molar refractivity (Wildman–Crippen MR) is 102 cm³/mol. The van der Waals surface area contributed by atoms with Gasteiger partial charge >= 0.3 is 0 Å². The minimum Gasteiger partial charge on any atom is -0.300 e. The third-order valence-electron chi connectivity index (χ3n) is 2.95. The standard InChI is InChI=1S/C16H18BrN5O2S/c1-16(2,3)14(24)19-15-22-21-13(25-15)8-12(23)20-18-9-10-4-6-11(17)7-5-10/h4-7,9H,8H2,1-3H3,(H,20,23)(H,19,22,24)/b18-9-. The Balaban J connectivity index is 1.84. The molecule has 0 spiro atoms. The third-order valence-corrected chi connectivity index (χ3v) is 4.32. The molecule has 0 atom stereocenters. The Hall–Kier alpha value is -2.13. The van der Waals surface area contributed by atoms with Crippen LogP contribution >= 0.6 is 27.3 Å². The van der Waals surface area contributed by atoms with Gasteiger partial charge in [0, 0.05) is 9.89 Å².